The molecule has 5 nitrogen and oxygen atoms in total. The number of nitriles is 1. The molecule has 0 aliphatic heterocycles. The molecule has 0 heterocycles. The molecular weight excluding hydrogens is 256 g/mol. The van der Waals surface area contributed by atoms with Crippen LogP contribution in [0, 0.1) is 21.4 Å². The van der Waals surface area contributed by atoms with Gasteiger partial charge in [-0.1, -0.05) is 24.3 Å². The molecule has 0 radical (unpaired) electrons. The molecule has 0 fully saturated rings. The first-order valence-electron chi connectivity index (χ1n) is 5.76. The van der Waals surface area contributed by atoms with Gasteiger partial charge in [0.15, 0.2) is 0 Å². The average molecular weight is 266 g/mol. The first-order valence-corrected chi connectivity index (χ1v) is 5.76. The summed E-state index contributed by atoms with van der Waals surface area (Å²) in [6.45, 7) is 0. The largest absolute Gasteiger partial charge is 0.508 e. The first-order chi connectivity index (χ1) is 9.60. The van der Waals surface area contributed by atoms with Crippen LogP contribution in [0.5, 0.6) is 5.75 Å². The van der Waals surface area contributed by atoms with Gasteiger partial charge < -0.3 is 5.11 Å². The lowest BCUT2D eigenvalue weighted by Gasteiger charge is -2.00. The summed E-state index contributed by atoms with van der Waals surface area (Å²) >= 11 is 0. The SMILES string of the molecule is N#C/C(=C/c1ccc(O)cc1)c1cccc([N+](=O)[O-])c1. The van der Waals surface area contributed by atoms with Gasteiger partial charge in [-0.3, -0.25) is 10.1 Å². The third-order valence-electron chi connectivity index (χ3n) is 2.69. The van der Waals surface area contributed by atoms with Gasteiger partial charge in [0.25, 0.3) is 5.69 Å². The van der Waals surface area contributed by atoms with E-state index < -0.39 is 4.92 Å². The molecule has 1 N–H and O–H groups in total. The van der Waals surface area contributed by atoms with Crippen LogP contribution in [0.2, 0.25) is 0 Å². The van der Waals surface area contributed by atoms with E-state index >= 15 is 0 Å². The van der Waals surface area contributed by atoms with E-state index in [4.69, 9.17) is 0 Å². The second kappa shape index (κ2) is 5.67. The zero-order valence-corrected chi connectivity index (χ0v) is 10.4. The second-order valence-electron chi connectivity index (χ2n) is 4.07. The predicted molar refractivity (Wildman–Crippen MR) is 74.7 cm³/mol. The third kappa shape index (κ3) is 3.00. The molecule has 0 aromatic heterocycles. The molecule has 2 rings (SSSR count). The summed E-state index contributed by atoms with van der Waals surface area (Å²) in [7, 11) is 0. The smallest absolute Gasteiger partial charge is 0.270 e. The molecule has 5 heteroatoms. The maximum absolute atomic E-state index is 10.7. The molecule has 0 spiro atoms. The fourth-order valence-corrected chi connectivity index (χ4v) is 1.70. The van der Waals surface area contributed by atoms with Crippen molar-refractivity contribution in [2.45, 2.75) is 0 Å². The molecule has 0 bridgehead atoms. The number of benzene rings is 2. The minimum absolute atomic E-state index is 0.0608. The summed E-state index contributed by atoms with van der Waals surface area (Å²) in [5.41, 5.74) is 1.47. The Kier molecular flexibility index (Phi) is 3.77. The second-order valence-corrected chi connectivity index (χ2v) is 4.07. The normalized spacial score (nSPS) is 10.8. The molecule has 0 amide bonds. The van der Waals surface area contributed by atoms with E-state index in [1.165, 1.54) is 30.3 Å². The predicted octanol–water partition coefficient (Wildman–Crippen LogP) is 3.36. The molecule has 20 heavy (non-hydrogen) atoms. The molecule has 0 saturated carbocycles. The van der Waals surface area contributed by atoms with E-state index in [1.807, 2.05) is 6.07 Å². The first kappa shape index (κ1) is 13.3. The Labute approximate surface area is 115 Å². The highest BCUT2D eigenvalue weighted by Crippen LogP contribution is 2.22. The number of allylic oxidation sites excluding steroid dienone is 1. The van der Waals surface area contributed by atoms with E-state index in [1.54, 1.807) is 24.3 Å². The van der Waals surface area contributed by atoms with Gasteiger partial charge in [-0.2, -0.15) is 5.26 Å². The maximum Gasteiger partial charge on any atom is 0.270 e. The summed E-state index contributed by atoms with van der Waals surface area (Å²) in [6.07, 6.45) is 1.61. The van der Waals surface area contributed by atoms with Crippen LogP contribution in [-0.2, 0) is 0 Å². The minimum Gasteiger partial charge on any atom is -0.508 e. The van der Waals surface area contributed by atoms with E-state index in [2.05, 4.69) is 0 Å². The van der Waals surface area contributed by atoms with Gasteiger partial charge in [-0.25, -0.2) is 0 Å². The number of non-ortho nitro benzene ring substituents is 1. The van der Waals surface area contributed by atoms with Crippen molar-refractivity contribution in [1.82, 2.24) is 0 Å². The molecule has 0 unspecified atom stereocenters. The highest BCUT2D eigenvalue weighted by molar-refractivity contribution is 5.90. The fraction of sp³-hybridized carbons (Fsp3) is 0. The van der Waals surface area contributed by atoms with Crippen molar-refractivity contribution in [3.05, 3.63) is 69.8 Å². The summed E-state index contributed by atoms with van der Waals surface area (Å²) in [5, 5.41) is 29.1. The van der Waals surface area contributed by atoms with Crippen LogP contribution in [0.25, 0.3) is 11.6 Å². The van der Waals surface area contributed by atoms with Gasteiger partial charge in [0.05, 0.1) is 16.6 Å². The molecule has 2 aromatic carbocycles. The number of rotatable bonds is 3. The Morgan fingerprint density at radius 1 is 1.25 bits per heavy atom. The van der Waals surface area contributed by atoms with Gasteiger partial charge in [0, 0.05) is 12.1 Å². The van der Waals surface area contributed by atoms with Crippen molar-refractivity contribution in [2.24, 2.45) is 0 Å². The van der Waals surface area contributed by atoms with Crippen LogP contribution in [0.4, 0.5) is 5.69 Å². The van der Waals surface area contributed by atoms with E-state index in [9.17, 15) is 20.5 Å². The average Bonchev–Trinajstić information content (AvgIpc) is 2.46. The number of hydrogen-bond donors (Lipinski definition) is 1. The van der Waals surface area contributed by atoms with Crippen molar-refractivity contribution >= 4 is 17.3 Å². The Hall–Kier alpha value is -3.13. The number of nitro groups is 1. The molecule has 0 saturated heterocycles. The van der Waals surface area contributed by atoms with Crippen molar-refractivity contribution in [3.63, 3.8) is 0 Å². The molecule has 0 aliphatic rings. The maximum atomic E-state index is 10.7. The molecular formula is C15H10N2O3. The van der Waals surface area contributed by atoms with E-state index in [0.29, 0.717) is 11.1 Å². The van der Waals surface area contributed by atoms with Crippen molar-refractivity contribution in [3.8, 4) is 11.8 Å². The number of phenols is 1. The van der Waals surface area contributed by atoms with Gasteiger partial charge in [-0.15, -0.1) is 0 Å². The highest BCUT2D eigenvalue weighted by Gasteiger charge is 2.08. The Morgan fingerprint density at radius 2 is 1.95 bits per heavy atom. The summed E-state index contributed by atoms with van der Waals surface area (Å²) < 4.78 is 0. The Morgan fingerprint density at radius 3 is 2.55 bits per heavy atom. The highest BCUT2D eigenvalue weighted by atomic mass is 16.6. The minimum atomic E-state index is -0.501. The number of aromatic hydroxyl groups is 1. The van der Waals surface area contributed by atoms with Crippen LogP contribution < -0.4 is 0 Å². The van der Waals surface area contributed by atoms with Gasteiger partial charge in [0.1, 0.15) is 5.75 Å². The van der Waals surface area contributed by atoms with Crippen LogP contribution in [0.3, 0.4) is 0 Å². The van der Waals surface area contributed by atoms with Crippen molar-refractivity contribution in [1.29, 1.82) is 5.26 Å². The summed E-state index contributed by atoms with van der Waals surface area (Å²) in [4.78, 5) is 10.2. The lowest BCUT2D eigenvalue weighted by Crippen LogP contribution is -1.89. The standard InChI is InChI=1S/C15H10N2O3/c16-10-13(8-11-4-6-15(18)7-5-11)12-2-1-3-14(9-12)17(19)20/h1-9,18H/b13-8-. The quantitative estimate of drug-likeness (QED) is 0.399. The molecule has 0 aliphatic carbocycles. The van der Waals surface area contributed by atoms with Crippen LogP contribution in [0.15, 0.2) is 48.5 Å². The Bertz CT molecular complexity index is 713. The van der Waals surface area contributed by atoms with Gasteiger partial charge >= 0.3 is 0 Å². The van der Waals surface area contributed by atoms with Crippen molar-refractivity contribution in [2.75, 3.05) is 0 Å². The molecule has 98 valence electrons. The fourth-order valence-electron chi connectivity index (χ4n) is 1.70. The van der Waals surface area contributed by atoms with E-state index in [0.717, 1.165) is 5.56 Å². The molecule has 2 aromatic rings. The monoisotopic (exact) mass is 266 g/mol. The lowest BCUT2D eigenvalue weighted by molar-refractivity contribution is -0.384. The van der Waals surface area contributed by atoms with Gasteiger partial charge in [-0.05, 0) is 29.3 Å². The lowest BCUT2D eigenvalue weighted by atomic mass is 10.0. The Balaban J connectivity index is 2.42. The van der Waals surface area contributed by atoms with Gasteiger partial charge in [0.2, 0.25) is 0 Å². The van der Waals surface area contributed by atoms with E-state index in [-0.39, 0.29) is 11.4 Å². The number of nitro benzene ring substituents is 1. The number of nitrogens with zero attached hydrogens (tertiary/aromatic N) is 2. The topological polar surface area (TPSA) is 87.2 Å². The number of hydrogen-bond acceptors (Lipinski definition) is 4. The summed E-state index contributed by atoms with van der Waals surface area (Å²) in [5.74, 6) is 0.135. The van der Waals surface area contributed by atoms with Crippen LogP contribution in [-0.4, -0.2) is 10.0 Å². The molecule has 0 atom stereocenters. The van der Waals surface area contributed by atoms with Crippen molar-refractivity contribution < 1.29 is 10.0 Å². The zero-order valence-electron chi connectivity index (χ0n) is 10.4. The zero-order chi connectivity index (χ0) is 14.5. The van der Waals surface area contributed by atoms with Crippen LogP contribution in [0.1, 0.15) is 11.1 Å². The van der Waals surface area contributed by atoms with Crippen LogP contribution >= 0.6 is 0 Å². The summed E-state index contributed by atoms with van der Waals surface area (Å²) in [6, 6.07) is 14.3. The number of phenolic OH excluding ortho intramolecular Hbond substituents is 1. The third-order valence-corrected chi connectivity index (χ3v) is 2.69.